The minimum absolute atomic E-state index is 0.148. The number of hydrogen-bond donors (Lipinski definition) is 1. The number of piperazine rings is 1. The molecule has 12 heteroatoms. The molecule has 5 rings (SSSR count). The molecule has 7 nitrogen and oxygen atoms in total. The largest absolute Gasteiger partial charge is 0.417 e. The average molecular weight is 557 g/mol. The molecule has 37 heavy (non-hydrogen) atoms. The number of benzene rings is 2. The third-order valence-corrected chi connectivity index (χ3v) is 8.15. The van der Waals surface area contributed by atoms with E-state index >= 15 is 0 Å². The number of carbonyl (C=O) groups excluding carboxylic acids is 1. The number of hydrogen-bond acceptors (Lipinski definition) is 6. The summed E-state index contributed by atoms with van der Waals surface area (Å²) in [5.41, 5.74) is -0.417. The molecular weight excluding hydrogens is 532 g/mol. The zero-order chi connectivity index (χ0) is 26.5. The Balaban J connectivity index is 1.23. The molecule has 2 aromatic carbocycles. The van der Waals surface area contributed by atoms with Crippen LogP contribution in [0, 0.1) is 6.92 Å². The molecule has 198 valence electrons. The number of likely N-dealkylation sites (tertiary alicyclic amines) is 1. The summed E-state index contributed by atoms with van der Waals surface area (Å²) in [6.45, 7) is 4.07. The third kappa shape index (κ3) is 5.05. The van der Waals surface area contributed by atoms with Crippen LogP contribution in [0.15, 0.2) is 40.9 Å². The van der Waals surface area contributed by atoms with Gasteiger partial charge in [0.15, 0.2) is 0 Å². The summed E-state index contributed by atoms with van der Waals surface area (Å²) in [6.07, 6.45) is -5.32. The highest BCUT2D eigenvalue weighted by Gasteiger charge is 2.41. The first kappa shape index (κ1) is 26.2. The summed E-state index contributed by atoms with van der Waals surface area (Å²) < 4.78 is 45.6. The number of alkyl halides is 4. The number of aliphatic hydroxyl groups is 1. The first-order valence-electron chi connectivity index (χ1n) is 11.9. The van der Waals surface area contributed by atoms with Gasteiger partial charge >= 0.3 is 6.18 Å². The molecular formula is C25H25Cl2F3N4O3. The maximum Gasteiger partial charge on any atom is 0.417 e. The van der Waals surface area contributed by atoms with Crippen molar-refractivity contribution in [2.24, 2.45) is 0 Å². The maximum atomic E-state index is 13.4. The lowest BCUT2D eigenvalue weighted by molar-refractivity contribution is -0.137. The fourth-order valence-electron chi connectivity index (χ4n) is 5.13. The molecule has 0 bridgehead atoms. The summed E-state index contributed by atoms with van der Waals surface area (Å²) in [5, 5.41) is 15.0. The lowest BCUT2D eigenvalue weighted by Gasteiger charge is -2.40. The Bertz CT molecular complexity index is 1310. The third-order valence-electron chi connectivity index (χ3n) is 7.12. The van der Waals surface area contributed by atoms with Crippen LogP contribution in [-0.2, 0) is 6.18 Å². The molecule has 1 aromatic heterocycles. The van der Waals surface area contributed by atoms with E-state index in [1.165, 1.54) is 6.92 Å². The second-order valence-corrected chi connectivity index (χ2v) is 10.3. The van der Waals surface area contributed by atoms with Crippen molar-refractivity contribution in [1.82, 2.24) is 19.9 Å². The molecule has 3 heterocycles. The average Bonchev–Trinajstić information content (AvgIpc) is 3.48. The molecule has 2 aliphatic heterocycles. The van der Waals surface area contributed by atoms with Crippen molar-refractivity contribution < 1.29 is 27.6 Å². The Hall–Kier alpha value is -2.37. The summed E-state index contributed by atoms with van der Waals surface area (Å²) in [5.74, 6) is -0.178. The van der Waals surface area contributed by atoms with Gasteiger partial charge in [0.25, 0.3) is 5.91 Å². The van der Waals surface area contributed by atoms with Crippen molar-refractivity contribution in [2.45, 2.75) is 30.7 Å². The Morgan fingerprint density at radius 2 is 1.86 bits per heavy atom. The summed E-state index contributed by atoms with van der Waals surface area (Å²) in [4.78, 5) is 18.6. The monoisotopic (exact) mass is 556 g/mol. The van der Waals surface area contributed by atoms with Crippen LogP contribution in [-0.4, -0.2) is 82.3 Å². The smallest absolute Gasteiger partial charge is 0.390 e. The van der Waals surface area contributed by atoms with Gasteiger partial charge in [-0.05, 0) is 36.2 Å². The highest BCUT2D eigenvalue weighted by Crippen LogP contribution is 2.40. The van der Waals surface area contributed by atoms with Gasteiger partial charge in [0, 0.05) is 39.3 Å². The van der Waals surface area contributed by atoms with Crippen molar-refractivity contribution in [1.29, 1.82) is 0 Å². The molecule has 2 fully saturated rings. The first-order chi connectivity index (χ1) is 17.5. The number of carbonyl (C=O) groups is 1. The molecule has 3 aromatic rings. The van der Waals surface area contributed by atoms with Crippen LogP contribution in [0.2, 0.25) is 5.02 Å². The number of aliphatic hydroxyl groups excluding tert-OH is 1. The van der Waals surface area contributed by atoms with Crippen molar-refractivity contribution in [3.05, 3.63) is 63.9 Å². The van der Waals surface area contributed by atoms with Crippen LogP contribution in [0.4, 0.5) is 13.2 Å². The van der Waals surface area contributed by atoms with Gasteiger partial charge in [-0.1, -0.05) is 35.0 Å². The minimum Gasteiger partial charge on any atom is -0.390 e. The molecule has 1 N–H and O–H groups in total. The van der Waals surface area contributed by atoms with Gasteiger partial charge in [-0.15, -0.1) is 11.6 Å². The van der Waals surface area contributed by atoms with Gasteiger partial charge in [-0.2, -0.15) is 13.2 Å². The zero-order valence-electron chi connectivity index (χ0n) is 19.9. The van der Waals surface area contributed by atoms with Crippen LogP contribution in [0.3, 0.4) is 0 Å². The number of rotatable bonds is 4. The maximum absolute atomic E-state index is 13.4. The van der Waals surface area contributed by atoms with Gasteiger partial charge < -0.3 is 14.5 Å². The fraction of sp³-hybridized carbons (Fsp3) is 0.440. The number of β-amino-alcohol motifs (C(OH)–C–C–N with tert-alkyl or cyclic N) is 1. The fourth-order valence-corrected chi connectivity index (χ4v) is 5.67. The quantitative estimate of drug-likeness (QED) is 0.375. The number of amides is 1. The van der Waals surface area contributed by atoms with E-state index in [1.807, 2.05) is 11.0 Å². The Morgan fingerprint density at radius 3 is 2.57 bits per heavy atom. The van der Waals surface area contributed by atoms with Crippen molar-refractivity contribution >= 4 is 40.0 Å². The first-order valence-corrected chi connectivity index (χ1v) is 12.7. The second-order valence-electron chi connectivity index (χ2n) is 9.48. The molecule has 1 amide bonds. The van der Waals surface area contributed by atoms with E-state index in [2.05, 4.69) is 10.1 Å². The number of aryl methyl sites for hydroxylation is 1. The van der Waals surface area contributed by atoms with E-state index in [9.17, 15) is 23.1 Å². The summed E-state index contributed by atoms with van der Waals surface area (Å²) >= 11 is 12.5. The molecule has 2 aliphatic rings. The molecule has 3 atom stereocenters. The lowest BCUT2D eigenvalue weighted by Crippen LogP contribution is -2.53. The molecule has 0 radical (unpaired) electrons. The van der Waals surface area contributed by atoms with Gasteiger partial charge in [0.2, 0.25) is 5.76 Å². The van der Waals surface area contributed by atoms with Gasteiger partial charge in [-0.3, -0.25) is 14.6 Å². The molecule has 0 aliphatic carbocycles. The van der Waals surface area contributed by atoms with E-state index in [4.69, 9.17) is 27.7 Å². The Morgan fingerprint density at radius 1 is 1.16 bits per heavy atom. The van der Waals surface area contributed by atoms with Crippen molar-refractivity contribution in [3.8, 4) is 0 Å². The van der Waals surface area contributed by atoms with E-state index in [0.717, 1.165) is 6.07 Å². The minimum atomic E-state index is -4.58. The molecule has 0 spiro atoms. The van der Waals surface area contributed by atoms with Gasteiger partial charge in [0.1, 0.15) is 11.0 Å². The standard InChI is InChI=1S/C25H25Cl2F3N4O3/c1-14-10-15(11-17(21(14)26)25(28,29)30)23(27)33-8-6-32(7-9-33)19-12-34(13-20(19)35)24(36)22-16-4-2-3-5-18(16)31-37-22/h2-5,10-11,19-20,23,35H,6-9,12-13H2,1H3. The predicted octanol–water partition coefficient (Wildman–Crippen LogP) is 4.55. The topological polar surface area (TPSA) is 73.0 Å². The van der Waals surface area contributed by atoms with Crippen LogP contribution in [0.25, 0.3) is 10.9 Å². The predicted molar refractivity (Wildman–Crippen MR) is 133 cm³/mol. The SMILES string of the molecule is Cc1cc(C(Cl)N2CCN(C3CN(C(=O)c4onc5ccccc45)CC3O)CC2)cc(C(F)(F)F)c1Cl. The van der Waals surface area contributed by atoms with E-state index in [-0.39, 0.29) is 29.3 Å². The van der Waals surface area contributed by atoms with Crippen LogP contribution < -0.4 is 0 Å². The van der Waals surface area contributed by atoms with E-state index in [1.54, 1.807) is 29.2 Å². The van der Waals surface area contributed by atoms with E-state index < -0.39 is 23.3 Å². The van der Waals surface area contributed by atoms with Crippen molar-refractivity contribution in [2.75, 3.05) is 39.3 Å². The van der Waals surface area contributed by atoms with Crippen LogP contribution in [0.1, 0.15) is 32.7 Å². The Kier molecular flexibility index (Phi) is 7.14. The number of halogens is 5. The van der Waals surface area contributed by atoms with Gasteiger partial charge in [-0.25, -0.2) is 0 Å². The summed E-state index contributed by atoms with van der Waals surface area (Å²) in [6, 6.07) is 9.46. The number of aromatic nitrogens is 1. The second kappa shape index (κ2) is 10.1. The van der Waals surface area contributed by atoms with Crippen LogP contribution in [0.5, 0.6) is 0 Å². The molecule has 2 saturated heterocycles. The summed E-state index contributed by atoms with van der Waals surface area (Å²) in [7, 11) is 0. The highest BCUT2D eigenvalue weighted by molar-refractivity contribution is 6.32. The Labute approximate surface area is 221 Å². The van der Waals surface area contributed by atoms with Crippen molar-refractivity contribution in [3.63, 3.8) is 0 Å². The molecule has 0 saturated carbocycles. The number of nitrogens with zero attached hydrogens (tertiary/aromatic N) is 4. The van der Waals surface area contributed by atoms with Crippen LogP contribution >= 0.6 is 23.2 Å². The lowest BCUT2D eigenvalue weighted by atomic mass is 10.0. The normalized spacial score (nSPS) is 22.6. The zero-order valence-corrected chi connectivity index (χ0v) is 21.4. The van der Waals surface area contributed by atoms with E-state index in [0.29, 0.717) is 54.8 Å². The molecule has 3 unspecified atom stereocenters. The number of fused-ring (bicyclic) bond motifs is 1. The van der Waals surface area contributed by atoms with Gasteiger partial charge in [0.05, 0.1) is 28.1 Å². The highest BCUT2D eigenvalue weighted by atomic mass is 35.5.